The molecule has 184 valence electrons. The Hall–Kier alpha value is -3.47. The van der Waals surface area contributed by atoms with Gasteiger partial charge in [-0.3, -0.25) is 14.7 Å². The molecule has 1 aliphatic heterocycles. The number of ether oxygens (including phenoxy) is 2. The highest BCUT2D eigenvalue weighted by Gasteiger charge is 2.30. The van der Waals surface area contributed by atoms with Crippen molar-refractivity contribution in [3.63, 3.8) is 0 Å². The average molecular weight is 498 g/mol. The first-order valence-electron chi connectivity index (χ1n) is 11.7. The van der Waals surface area contributed by atoms with Gasteiger partial charge in [0.25, 0.3) is 11.5 Å². The minimum absolute atomic E-state index is 0.152. The Morgan fingerprint density at radius 3 is 2.83 bits per heavy atom. The largest absolute Gasteiger partial charge is 0.492 e. The van der Waals surface area contributed by atoms with Crippen LogP contribution < -0.4 is 10.3 Å². The van der Waals surface area contributed by atoms with Gasteiger partial charge in [-0.1, -0.05) is 0 Å². The number of esters is 1. The second-order valence-electron chi connectivity index (χ2n) is 8.70. The number of pyridine rings is 1. The first-order chi connectivity index (χ1) is 17.0. The van der Waals surface area contributed by atoms with Gasteiger partial charge >= 0.3 is 5.97 Å². The second kappa shape index (κ2) is 9.65. The van der Waals surface area contributed by atoms with Crippen molar-refractivity contribution in [2.24, 2.45) is 0 Å². The molecule has 0 saturated heterocycles. The molecule has 0 unspecified atom stereocenters. The van der Waals surface area contributed by atoms with Crippen molar-refractivity contribution >= 4 is 23.2 Å². The van der Waals surface area contributed by atoms with Crippen LogP contribution in [0.2, 0.25) is 0 Å². The van der Waals surface area contributed by atoms with Crippen LogP contribution in [0.5, 0.6) is 5.75 Å². The van der Waals surface area contributed by atoms with Crippen molar-refractivity contribution in [1.82, 2.24) is 24.6 Å². The fraction of sp³-hybridized carbons (Fsp3) is 0.458. The van der Waals surface area contributed by atoms with E-state index in [4.69, 9.17) is 9.47 Å². The Morgan fingerprint density at radius 2 is 2.06 bits per heavy atom. The highest BCUT2D eigenvalue weighted by atomic mass is 32.1. The van der Waals surface area contributed by atoms with Crippen LogP contribution >= 0.6 is 11.3 Å². The predicted molar refractivity (Wildman–Crippen MR) is 128 cm³/mol. The SMILES string of the molecule is COC(=O)c1c(OCCc2scnc2C)cc(=O)n2c1CCN(C(=O)c1n[nH]c3c1CCC3)CC2. The van der Waals surface area contributed by atoms with Gasteiger partial charge in [-0.25, -0.2) is 9.78 Å². The van der Waals surface area contributed by atoms with Gasteiger partial charge in [0.05, 0.1) is 24.9 Å². The van der Waals surface area contributed by atoms with Gasteiger partial charge in [0.1, 0.15) is 11.3 Å². The van der Waals surface area contributed by atoms with E-state index >= 15 is 0 Å². The van der Waals surface area contributed by atoms with Crippen LogP contribution in [-0.4, -0.2) is 63.3 Å². The number of carbonyl (C=O) groups excluding carboxylic acids is 2. The summed E-state index contributed by atoms with van der Waals surface area (Å²) in [7, 11) is 1.31. The Morgan fingerprint density at radius 1 is 1.20 bits per heavy atom. The Bertz CT molecular complexity index is 1340. The highest BCUT2D eigenvalue weighted by molar-refractivity contribution is 7.09. The molecule has 0 bridgehead atoms. The van der Waals surface area contributed by atoms with E-state index in [9.17, 15) is 14.4 Å². The number of aromatic nitrogens is 4. The van der Waals surface area contributed by atoms with Gasteiger partial charge < -0.3 is 18.9 Å². The van der Waals surface area contributed by atoms with Crippen molar-refractivity contribution in [3.8, 4) is 5.75 Å². The third-order valence-electron chi connectivity index (χ3n) is 6.71. The van der Waals surface area contributed by atoms with Crippen molar-refractivity contribution in [2.75, 3.05) is 26.8 Å². The molecule has 0 saturated carbocycles. The number of aromatic amines is 1. The number of fused-ring (bicyclic) bond motifs is 2. The lowest BCUT2D eigenvalue weighted by atomic mass is 10.1. The topological polar surface area (TPSA) is 119 Å². The first kappa shape index (κ1) is 23.3. The summed E-state index contributed by atoms with van der Waals surface area (Å²) in [6, 6.07) is 1.34. The Kier molecular flexibility index (Phi) is 6.42. The molecule has 0 atom stereocenters. The molecule has 35 heavy (non-hydrogen) atoms. The van der Waals surface area contributed by atoms with E-state index in [1.54, 1.807) is 26.3 Å². The molecule has 1 aliphatic carbocycles. The molecule has 1 N–H and O–H groups in total. The molecule has 3 aromatic heterocycles. The standard InChI is InChI=1S/C24H27N5O5S/c1-14-19(35-13-25-14)7-11-34-18-12-20(30)29-10-9-28(8-6-17(29)21(18)24(32)33-2)23(31)22-15-4-3-5-16(15)26-27-22/h12-13H,3-11H2,1-2H3,(H,26,27). The van der Waals surface area contributed by atoms with Crippen molar-refractivity contribution in [1.29, 1.82) is 0 Å². The lowest BCUT2D eigenvalue weighted by Crippen LogP contribution is -2.35. The second-order valence-corrected chi connectivity index (χ2v) is 9.64. The number of H-pyrrole nitrogens is 1. The fourth-order valence-corrected chi connectivity index (χ4v) is 5.62. The van der Waals surface area contributed by atoms with E-state index < -0.39 is 5.97 Å². The summed E-state index contributed by atoms with van der Waals surface area (Å²) in [4.78, 5) is 46.1. The Balaban J connectivity index is 1.40. The van der Waals surface area contributed by atoms with Gasteiger partial charge in [-0.05, 0) is 26.2 Å². The maximum absolute atomic E-state index is 13.3. The zero-order valence-electron chi connectivity index (χ0n) is 19.8. The van der Waals surface area contributed by atoms with Gasteiger partial charge in [0, 0.05) is 60.4 Å². The number of nitrogens with zero attached hydrogens (tertiary/aromatic N) is 4. The average Bonchev–Trinajstić information content (AvgIpc) is 3.53. The summed E-state index contributed by atoms with van der Waals surface area (Å²) >= 11 is 1.54. The Labute approximate surface area is 205 Å². The lowest BCUT2D eigenvalue weighted by molar-refractivity contribution is 0.0593. The number of carbonyl (C=O) groups is 2. The number of thiazole rings is 1. The number of amides is 1. The number of nitrogens with one attached hydrogen (secondary N) is 1. The number of rotatable bonds is 6. The summed E-state index contributed by atoms with van der Waals surface area (Å²) in [6.07, 6.45) is 3.70. The summed E-state index contributed by atoms with van der Waals surface area (Å²) in [5, 5.41) is 7.25. The number of hydrogen-bond donors (Lipinski definition) is 1. The molecule has 2 aliphatic rings. The van der Waals surface area contributed by atoms with Crippen LogP contribution in [0.4, 0.5) is 0 Å². The van der Waals surface area contributed by atoms with E-state index in [2.05, 4.69) is 15.2 Å². The van der Waals surface area contributed by atoms with Crippen LogP contribution in [0.1, 0.15) is 54.8 Å². The summed E-state index contributed by atoms with van der Waals surface area (Å²) in [6.45, 7) is 3.21. The molecule has 5 rings (SSSR count). The maximum Gasteiger partial charge on any atom is 0.343 e. The van der Waals surface area contributed by atoms with Gasteiger partial charge in [-0.2, -0.15) is 5.10 Å². The first-order valence-corrected chi connectivity index (χ1v) is 12.6. The van der Waals surface area contributed by atoms with Crippen LogP contribution in [0.25, 0.3) is 0 Å². The van der Waals surface area contributed by atoms with Crippen LogP contribution in [0.3, 0.4) is 0 Å². The van der Waals surface area contributed by atoms with Gasteiger partial charge in [-0.15, -0.1) is 11.3 Å². The smallest absolute Gasteiger partial charge is 0.343 e. The fourth-order valence-electron chi connectivity index (χ4n) is 4.85. The molecular formula is C24H27N5O5S. The molecule has 1 amide bonds. The monoisotopic (exact) mass is 497 g/mol. The van der Waals surface area contributed by atoms with E-state index in [0.29, 0.717) is 43.9 Å². The highest BCUT2D eigenvalue weighted by Crippen LogP contribution is 2.27. The van der Waals surface area contributed by atoms with E-state index in [-0.39, 0.29) is 29.3 Å². The molecule has 0 spiro atoms. The molecule has 4 heterocycles. The number of aryl methyl sites for hydroxylation is 2. The maximum atomic E-state index is 13.3. The molecule has 11 heteroatoms. The number of methoxy groups -OCH3 is 1. The molecule has 3 aromatic rings. The minimum Gasteiger partial charge on any atom is -0.492 e. The van der Waals surface area contributed by atoms with E-state index in [1.165, 1.54) is 13.2 Å². The molecule has 10 nitrogen and oxygen atoms in total. The van der Waals surface area contributed by atoms with E-state index in [1.807, 2.05) is 6.92 Å². The van der Waals surface area contributed by atoms with Crippen LogP contribution in [0.15, 0.2) is 16.4 Å². The molecular weight excluding hydrogens is 470 g/mol. The van der Waals surface area contributed by atoms with Gasteiger partial charge in [0.15, 0.2) is 5.69 Å². The lowest BCUT2D eigenvalue weighted by Gasteiger charge is -2.19. The van der Waals surface area contributed by atoms with E-state index in [0.717, 1.165) is 41.1 Å². The van der Waals surface area contributed by atoms with Crippen LogP contribution in [-0.2, 0) is 37.0 Å². The van der Waals surface area contributed by atoms with Crippen molar-refractivity contribution < 1.29 is 19.1 Å². The normalized spacial score (nSPS) is 14.9. The molecule has 0 aromatic carbocycles. The summed E-state index contributed by atoms with van der Waals surface area (Å²) in [5.74, 6) is -0.510. The quantitative estimate of drug-likeness (QED) is 0.517. The predicted octanol–water partition coefficient (Wildman–Crippen LogP) is 1.93. The zero-order chi connectivity index (χ0) is 24.5. The minimum atomic E-state index is -0.567. The van der Waals surface area contributed by atoms with Crippen LogP contribution in [0, 0.1) is 6.92 Å². The summed E-state index contributed by atoms with van der Waals surface area (Å²) < 4.78 is 12.5. The molecule has 0 fully saturated rings. The molecule has 0 radical (unpaired) electrons. The van der Waals surface area contributed by atoms with Crippen molar-refractivity contribution in [3.05, 3.63) is 60.7 Å². The van der Waals surface area contributed by atoms with Gasteiger partial charge in [0.2, 0.25) is 0 Å². The number of hydrogen-bond acceptors (Lipinski definition) is 8. The third-order valence-corrected chi connectivity index (χ3v) is 7.71. The third kappa shape index (κ3) is 4.36. The zero-order valence-corrected chi connectivity index (χ0v) is 20.6. The van der Waals surface area contributed by atoms with Crippen molar-refractivity contribution in [2.45, 2.75) is 45.6 Å². The summed E-state index contributed by atoms with van der Waals surface area (Å²) in [5.41, 5.74) is 5.71.